The number of amides is 1. The number of fused-ring (bicyclic) bond motifs is 1. The highest BCUT2D eigenvalue weighted by molar-refractivity contribution is 7.86. The molecule has 196 valence electrons. The van der Waals surface area contributed by atoms with E-state index in [-0.39, 0.29) is 32.7 Å². The van der Waals surface area contributed by atoms with Crippen LogP contribution in [0.3, 0.4) is 0 Å². The van der Waals surface area contributed by atoms with Gasteiger partial charge in [-0.3, -0.25) is 9.35 Å². The van der Waals surface area contributed by atoms with Crippen LogP contribution in [-0.2, 0) is 16.5 Å². The minimum Gasteiger partial charge on any atom is -0.505 e. The summed E-state index contributed by atoms with van der Waals surface area (Å²) >= 11 is 12.6. The summed E-state index contributed by atoms with van der Waals surface area (Å²) in [4.78, 5) is 12.7. The maximum atomic E-state index is 13.2. The normalized spacial score (nSPS) is 11.7. The van der Waals surface area contributed by atoms with E-state index in [1.165, 1.54) is 25.3 Å². The van der Waals surface area contributed by atoms with Crippen molar-refractivity contribution in [2.24, 2.45) is 10.2 Å². The lowest BCUT2D eigenvalue weighted by Gasteiger charge is -2.13. The fourth-order valence-electron chi connectivity index (χ4n) is 3.77. The predicted molar refractivity (Wildman–Crippen MR) is 146 cm³/mol. The van der Waals surface area contributed by atoms with E-state index < -0.39 is 26.7 Å². The molecular weight excluding hydrogens is 553 g/mol. The molecule has 0 atom stereocenters. The molecule has 3 N–H and O–H groups in total. The average Bonchev–Trinajstić information content (AvgIpc) is 2.88. The van der Waals surface area contributed by atoms with Gasteiger partial charge in [-0.1, -0.05) is 60.5 Å². The quantitative estimate of drug-likeness (QED) is 0.156. The number of aromatic hydroxyl groups is 1. The van der Waals surface area contributed by atoms with E-state index in [0.29, 0.717) is 28.5 Å². The van der Waals surface area contributed by atoms with E-state index in [1.54, 1.807) is 49.4 Å². The van der Waals surface area contributed by atoms with Gasteiger partial charge in [0.2, 0.25) is 0 Å². The lowest BCUT2D eigenvalue weighted by Crippen LogP contribution is -2.12. The van der Waals surface area contributed by atoms with Crippen molar-refractivity contribution in [3.63, 3.8) is 0 Å². The van der Waals surface area contributed by atoms with Gasteiger partial charge in [0.15, 0.2) is 5.75 Å². The van der Waals surface area contributed by atoms with Crippen molar-refractivity contribution in [2.75, 3.05) is 12.4 Å². The number of benzene rings is 4. The van der Waals surface area contributed by atoms with Gasteiger partial charge in [-0.2, -0.15) is 8.42 Å². The molecule has 0 heterocycles. The summed E-state index contributed by atoms with van der Waals surface area (Å²) in [7, 11) is -3.26. The molecule has 0 saturated heterocycles. The third-order valence-corrected chi connectivity index (χ3v) is 7.24. The van der Waals surface area contributed by atoms with Gasteiger partial charge in [0.05, 0.1) is 23.4 Å². The molecular formula is C26H21Cl2N3O6S. The van der Waals surface area contributed by atoms with E-state index in [9.17, 15) is 22.9 Å². The van der Waals surface area contributed by atoms with E-state index in [2.05, 4.69) is 15.5 Å². The fraction of sp³-hybridized carbons (Fsp3) is 0.115. The first-order valence-electron chi connectivity index (χ1n) is 11.1. The molecule has 9 nitrogen and oxygen atoms in total. The maximum Gasteiger partial charge on any atom is 0.296 e. The Kier molecular flexibility index (Phi) is 7.89. The number of carbonyl (C=O) groups excluding carboxylic acids is 1. The van der Waals surface area contributed by atoms with Crippen LogP contribution in [0.2, 0.25) is 10.0 Å². The largest absolute Gasteiger partial charge is 0.505 e. The number of hydrogen-bond donors (Lipinski definition) is 3. The number of anilines is 1. The number of phenols is 1. The van der Waals surface area contributed by atoms with Crippen molar-refractivity contribution in [1.82, 2.24) is 0 Å². The Labute approximate surface area is 228 Å². The highest BCUT2D eigenvalue weighted by Crippen LogP contribution is 2.42. The lowest BCUT2D eigenvalue weighted by molar-refractivity contribution is 0.102. The molecule has 4 rings (SSSR count). The zero-order valence-corrected chi connectivity index (χ0v) is 22.4. The van der Waals surface area contributed by atoms with E-state index in [0.717, 1.165) is 0 Å². The summed E-state index contributed by atoms with van der Waals surface area (Å²) in [5, 5.41) is 22.9. The molecule has 0 aliphatic heterocycles. The lowest BCUT2D eigenvalue weighted by atomic mass is 10.0. The first-order chi connectivity index (χ1) is 18.0. The number of aryl methyl sites for hydroxylation is 1. The minimum absolute atomic E-state index is 0.0638. The van der Waals surface area contributed by atoms with Crippen LogP contribution in [0.15, 0.2) is 75.8 Å². The van der Waals surface area contributed by atoms with Gasteiger partial charge in [0, 0.05) is 5.39 Å². The topological polar surface area (TPSA) is 138 Å². The maximum absolute atomic E-state index is 13.2. The number of carbonyl (C=O) groups is 1. The Bertz CT molecular complexity index is 1710. The summed E-state index contributed by atoms with van der Waals surface area (Å²) in [6.45, 7) is 1.79. The van der Waals surface area contributed by atoms with Crippen molar-refractivity contribution >= 4 is 67.1 Å². The molecule has 0 unspecified atom stereocenters. The zero-order valence-electron chi connectivity index (χ0n) is 20.1. The van der Waals surface area contributed by atoms with Crippen LogP contribution >= 0.6 is 23.2 Å². The molecule has 0 aliphatic carbocycles. The Hall–Kier alpha value is -3.70. The van der Waals surface area contributed by atoms with Gasteiger partial charge in [-0.05, 0) is 47.7 Å². The van der Waals surface area contributed by atoms with Crippen molar-refractivity contribution in [2.45, 2.75) is 18.2 Å². The Morgan fingerprint density at radius 2 is 1.74 bits per heavy atom. The molecule has 0 spiro atoms. The van der Waals surface area contributed by atoms with Gasteiger partial charge in [0.1, 0.15) is 27.0 Å². The first-order valence-corrected chi connectivity index (χ1v) is 13.3. The summed E-state index contributed by atoms with van der Waals surface area (Å²) in [5.41, 5.74) is 0.255. The van der Waals surface area contributed by atoms with Crippen molar-refractivity contribution < 1.29 is 27.6 Å². The number of rotatable bonds is 7. The Morgan fingerprint density at radius 1 is 1.03 bits per heavy atom. The number of ether oxygens (including phenoxy) is 1. The molecule has 4 aromatic rings. The molecule has 0 bridgehead atoms. The summed E-state index contributed by atoms with van der Waals surface area (Å²) in [6, 6.07) is 15.8. The molecule has 0 saturated carbocycles. The molecule has 0 radical (unpaired) electrons. The highest BCUT2D eigenvalue weighted by atomic mass is 35.5. The van der Waals surface area contributed by atoms with Gasteiger partial charge in [-0.25, -0.2) is 0 Å². The molecule has 0 fully saturated rings. The van der Waals surface area contributed by atoms with Gasteiger partial charge in [-0.15, -0.1) is 10.2 Å². The molecule has 38 heavy (non-hydrogen) atoms. The van der Waals surface area contributed by atoms with E-state index >= 15 is 0 Å². The van der Waals surface area contributed by atoms with E-state index in [1.807, 2.05) is 0 Å². The number of methoxy groups -OCH3 is 1. The van der Waals surface area contributed by atoms with Crippen LogP contribution in [0.25, 0.3) is 10.8 Å². The summed E-state index contributed by atoms with van der Waals surface area (Å²) in [6.07, 6.45) is 0.458. The predicted octanol–water partition coefficient (Wildman–Crippen LogP) is 7.34. The Balaban J connectivity index is 1.85. The third kappa shape index (κ3) is 5.44. The minimum atomic E-state index is -4.70. The van der Waals surface area contributed by atoms with Crippen LogP contribution in [0.4, 0.5) is 17.1 Å². The van der Waals surface area contributed by atoms with E-state index in [4.69, 9.17) is 27.9 Å². The number of hydrogen-bond acceptors (Lipinski definition) is 7. The number of azo groups is 1. The molecule has 0 aromatic heterocycles. The standard InChI is InChI=1S/C26H21Cl2N3O6S/c1-3-14-11-18(27)24(21(12-14)38(34,35)36)31-30-23-16-8-5-4-7-15(16)13-17(25(23)32)26(33)29-19-9-6-10-20(37-2)22(19)28/h4-13,32H,3H2,1-2H3,(H,29,33)(H,34,35,36). The zero-order chi connectivity index (χ0) is 27.6. The Morgan fingerprint density at radius 3 is 2.42 bits per heavy atom. The summed E-state index contributed by atoms with van der Waals surface area (Å²) in [5.74, 6) is -0.857. The number of nitrogens with zero attached hydrogens (tertiary/aromatic N) is 2. The second-order valence-corrected chi connectivity index (χ2v) is 10.2. The SMILES string of the molecule is CCc1cc(Cl)c(N=Nc2c(O)c(C(=O)Nc3cccc(OC)c3Cl)cc3ccccc23)c(S(=O)(=O)O)c1. The van der Waals surface area contributed by atoms with Crippen LogP contribution in [0, 0.1) is 0 Å². The van der Waals surface area contributed by atoms with Crippen LogP contribution in [0.1, 0.15) is 22.8 Å². The van der Waals surface area contributed by atoms with Crippen molar-refractivity contribution in [3.8, 4) is 11.5 Å². The molecule has 1 amide bonds. The van der Waals surface area contributed by atoms with Crippen LogP contribution in [0.5, 0.6) is 11.5 Å². The molecule has 0 aliphatic rings. The number of nitrogens with one attached hydrogen (secondary N) is 1. The fourth-order valence-corrected chi connectivity index (χ4v) is 5.05. The smallest absolute Gasteiger partial charge is 0.296 e. The van der Waals surface area contributed by atoms with Crippen LogP contribution in [-0.4, -0.2) is 31.1 Å². The monoisotopic (exact) mass is 573 g/mol. The van der Waals surface area contributed by atoms with Crippen molar-refractivity contribution in [1.29, 1.82) is 0 Å². The van der Waals surface area contributed by atoms with Gasteiger partial charge in [0.25, 0.3) is 16.0 Å². The molecule has 4 aromatic carbocycles. The van der Waals surface area contributed by atoms with Gasteiger partial charge < -0.3 is 15.2 Å². The third-order valence-electron chi connectivity index (χ3n) is 5.70. The second kappa shape index (κ2) is 11.0. The first kappa shape index (κ1) is 27.3. The van der Waals surface area contributed by atoms with Gasteiger partial charge >= 0.3 is 0 Å². The second-order valence-electron chi connectivity index (χ2n) is 8.07. The van der Waals surface area contributed by atoms with Crippen LogP contribution < -0.4 is 10.1 Å². The van der Waals surface area contributed by atoms with Crippen molar-refractivity contribution in [3.05, 3.63) is 81.8 Å². The number of halogens is 2. The summed E-state index contributed by atoms with van der Waals surface area (Å²) < 4.78 is 39.0. The number of phenolic OH excluding ortho intramolecular Hbond substituents is 1. The average molecular weight is 574 g/mol. The highest BCUT2D eigenvalue weighted by Gasteiger charge is 2.22. The molecule has 12 heteroatoms.